The number of benzene rings is 1. The average molecular weight is 290 g/mol. The zero-order valence-electron chi connectivity index (χ0n) is 12.0. The quantitative estimate of drug-likeness (QED) is 0.928. The molecule has 1 N–H and O–H groups in total. The molecule has 2 heterocycles. The second kappa shape index (κ2) is 6.19. The second-order valence-corrected chi connectivity index (χ2v) is 6.73. The smallest absolute Gasteiger partial charge is 0.237 e. The van der Waals surface area contributed by atoms with Gasteiger partial charge in [0.25, 0.3) is 0 Å². The Balaban J connectivity index is 1.72. The molecule has 1 amide bonds. The summed E-state index contributed by atoms with van der Waals surface area (Å²) < 4.78 is 0. The van der Waals surface area contributed by atoms with Crippen LogP contribution in [0.25, 0.3) is 0 Å². The highest BCUT2D eigenvalue weighted by molar-refractivity contribution is 7.99. The van der Waals surface area contributed by atoms with Gasteiger partial charge in [-0.3, -0.25) is 9.69 Å². The number of piperidine rings is 1. The first-order valence-electron chi connectivity index (χ1n) is 7.47. The Kier molecular flexibility index (Phi) is 4.32. The standard InChI is InChI=1S/C16H22N2OS/c1-17-16(19)14-7-4-5-9-18(14)10-12-11-20-15-8-3-2-6-13(12)15/h2-3,6,8,12,14H,4-5,7,9-11H2,1H3,(H,17,19). The third kappa shape index (κ3) is 2.72. The number of hydrogen-bond acceptors (Lipinski definition) is 3. The fourth-order valence-corrected chi connectivity index (χ4v) is 4.58. The summed E-state index contributed by atoms with van der Waals surface area (Å²) in [5.41, 5.74) is 1.47. The minimum absolute atomic E-state index is 0.0755. The van der Waals surface area contributed by atoms with Gasteiger partial charge >= 0.3 is 0 Å². The number of carbonyl (C=O) groups excluding carboxylic acids is 1. The molecule has 108 valence electrons. The zero-order valence-corrected chi connectivity index (χ0v) is 12.8. The van der Waals surface area contributed by atoms with Crippen molar-refractivity contribution in [3.05, 3.63) is 29.8 Å². The average Bonchev–Trinajstić information content (AvgIpc) is 2.90. The summed E-state index contributed by atoms with van der Waals surface area (Å²) in [6.07, 6.45) is 3.39. The number of nitrogens with one attached hydrogen (secondary N) is 1. The first kappa shape index (κ1) is 14.0. The van der Waals surface area contributed by atoms with Crippen LogP contribution in [0.4, 0.5) is 0 Å². The fraction of sp³-hybridized carbons (Fsp3) is 0.562. The van der Waals surface area contributed by atoms with Crippen LogP contribution in [-0.2, 0) is 4.79 Å². The highest BCUT2D eigenvalue weighted by Crippen LogP contribution is 2.40. The maximum absolute atomic E-state index is 12.0. The molecule has 1 aromatic rings. The molecule has 3 rings (SSSR count). The van der Waals surface area contributed by atoms with E-state index in [1.165, 1.54) is 23.3 Å². The van der Waals surface area contributed by atoms with Crippen molar-refractivity contribution < 1.29 is 4.79 Å². The Bertz CT molecular complexity index is 491. The van der Waals surface area contributed by atoms with Crippen molar-refractivity contribution in [3.8, 4) is 0 Å². The number of fused-ring (bicyclic) bond motifs is 1. The van der Waals surface area contributed by atoms with Crippen molar-refractivity contribution in [2.24, 2.45) is 0 Å². The van der Waals surface area contributed by atoms with Crippen LogP contribution in [-0.4, -0.2) is 42.7 Å². The Morgan fingerprint density at radius 2 is 2.25 bits per heavy atom. The van der Waals surface area contributed by atoms with Crippen molar-refractivity contribution in [1.82, 2.24) is 10.2 Å². The van der Waals surface area contributed by atoms with Gasteiger partial charge < -0.3 is 5.32 Å². The molecule has 3 nitrogen and oxygen atoms in total. The Labute approximate surface area is 125 Å². The van der Waals surface area contributed by atoms with Gasteiger partial charge in [0.2, 0.25) is 5.91 Å². The molecule has 0 saturated carbocycles. The van der Waals surface area contributed by atoms with E-state index in [2.05, 4.69) is 34.5 Å². The van der Waals surface area contributed by atoms with Crippen LogP contribution in [0.3, 0.4) is 0 Å². The number of carbonyl (C=O) groups is 1. The van der Waals surface area contributed by atoms with E-state index in [0.717, 1.165) is 25.3 Å². The number of thioether (sulfide) groups is 1. The molecule has 1 saturated heterocycles. The molecule has 0 bridgehead atoms. The minimum Gasteiger partial charge on any atom is -0.358 e. The van der Waals surface area contributed by atoms with Crippen molar-refractivity contribution >= 4 is 17.7 Å². The minimum atomic E-state index is 0.0755. The monoisotopic (exact) mass is 290 g/mol. The van der Waals surface area contributed by atoms with E-state index in [4.69, 9.17) is 0 Å². The number of nitrogens with zero attached hydrogens (tertiary/aromatic N) is 1. The van der Waals surface area contributed by atoms with Gasteiger partial charge in [0, 0.05) is 30.2 Å². The van der Waals surface area contributed by atoms with Crippen LogP contribution in [0.5, 0.6) is 0 Å². The van der Waals surface area contributed by atoms with E-state index in [1.807, 2.05) is 11.8 Å². The normalized spacial score (nSPS) is 26.2. The molecule has 2 aliphatic rings. The molecule has 2 unspecified atom stereocenters. The molecule has 20 heavy (non-hydrogen) atoms. The Morgan fingerprint density at radius 3 is 3.10 bits per heavy atom. The van der Waals surface area contributed by atoms with Gasteiger partial charge in [0.1, 0.15) is 0 Å². The molecule has 0 radical (unpaired) electrons. The largest absolute Gasteiger partial charge is 0.358 e. The molecular formula is C16H22N2OS. The van der Waals surface area contributed by atoms with E-state index < -0.39 is 0 Å². The second-order valence-electron chi connectivity index (χ2n) is 5.67. The van der Waals surface area contributed by atoms with Gasteiger partial charge in [-0.15, -0.1) is 11.8 Å². The predicted molar refractivity (Wildman–Crippen MR) is 83.2 cm³/mol. The van der Waals surface area contributed by atoms with Crippen LogP contribution in [0.2, 0.25) is 0 Å². The summed E-state index contributed by atoms with van der Waals surface area (Å²) in [6, 6.07) is 8.78. The molecule has 0 aromatic heterocycles. The van der Waals surface area contributed by atoms with Gasteiger partial charge in [-0.05, 0) is 31.0 Å². The summed E-state index contributed by atoms with van der Waals surface area (Å²) >= 11 is 1.95. The molecular weight excluding hydrogens is 268 g/mol. The number of likely N-dealkylation sites (tertiary alicyclic amines) is 1. The zero-order chi connectivity index (χ0) is 13.9. The topological polar surface area (TPSA) is 32.3 Å². The van der Waals surface area contributed by atoms with E-state index in [0.29, 0.717) is 5.92 Å². The summed E-state index contributed by atoms with van der Waals surface area (Å²) in [7, 11) is 1.75. The maximum Gasteiger partial charge on any atom is 0.237 e. The summed E-state index contributed by atoms with van der Waals surface area (Å²) in [4.78, 5) is 15.9. The lowest BCUT2D eigenvalue weighted by atomic mass is 9.96. The number of rotatable bonds is 3. The number of likely N-dealkylation sites (N-methyl/N-ethyl adjacent to an activating group) is 1. The van der Waals surface area contributed by atoms with Gasteiger partial charge in [-0.1, -0.05) is 24.6 Å². The van der Waals surface area contributed by atoms with Gasteiger partial charge in [0.05, 0.1) is 6.04 Å². The molecule has 2 aliphatic heterocycles. The predicted octanol–water partition coefficient (Wildman–Crippen LogP) is 2.48. The fourth-order valence-electron chi connectivity index (χ4n) is 3.34. The van der Waals surface area contributed by atoms with Crippen molar-refractivity contribution in [2.75, 3.05) is 25.9 Å². The first-order valence-corrected chi connectivity index (χ1v) is 8.45. The molecule has 0 spiro atoms. The van der Waals surface area contributed by atoms with E-state index in [1.54, 1.807) is 7.05 Å². The van der Waals surface area contributed by atoms with Crippen LogP contribution in [0.1, 0.15) is 30.7 Å². The van der Waals surface area contributed by atoms with Crippen molar-refractivity contribution in [1.29, 1.82) is 0 Å². The maximum atomic E-state index is 12.0. The summed E-state index contributed by atoms with van der Waals surface area (Å²) in [5, 5.41) is 2.82. The lowest BCUT2D eigenvalue weighted by Crippen LogP contribution is -2.49. The lowest BCUT2D eigenvalue weighted by Gasteiger charge is -2.36. The third-order valence-electron chi connectivity index (χ3n) is 4.42. The van der Waals surface area contributed by atoms with Gasteiger partial charge in [0.15, 0.2) is 0 Å². The Hall–Kier alpha value is -1.00. The summed E-state index contributed by atoms with van der Waals surface area (Å²) in [6.45, 7) is 2.07. The van der Waals surface area contributed by atoms with Gasteiger partial charge in [-0.2, -0.15) is 0 Å². The molecule has 1 fully saturated rings. The number of amides is 1. The molecule has 4 heteroatoms. The lowest BCUT2D eigenvalue weighted by molar-refractivity contribution is -0.127. The SMILES string of the molecule is CNC(=O)C1CCCCN1CC1CSc2ccccc21. The van der Waals surface area contributed by atoms with Crippen LogP contribution < -0.4 is 5.32 Å². The van der Waals surface area contributed by atoms with Gasteiger partial charge in [-0.25, -0.2) is 0 Å². The Morgan fingerprint density at radius 1 is 1.40 bits per heavy atom. The van der Waals surface area contributed by atoms with Crippen LogP contribution in [0, 0.1) is 0 Å². The van der Waals surface area contributed by atoms with Crippen LogP contribution in [0.15, 0.2) is 29.2 Å². The van der Waals surface area contributed by atoms with Crippen LogP contribution >= 0.6 is 11.8 Å². The third-order valence-corrected chi connectivity index (χ3v) is 5.67. The number of hydrogen-bond donors (Lipinski definition) is 1. The highest BCUT2D eigenvalue weighted by Gasteiger charge is 2.32. The first-order chi connectivity index (χ1) is 9.79. The van der Waals surface area contributed by atoms with E-state index in [9.17, 15) is 4.79 Å². The van der Waals surface area contributed by atoms with Crippen molar-refractivity contribution in [2.45, 2.75) is 36.1 Å². The van der Waals surface area contributed by atoms with E-state index >= 15 is 0 Å². The molecule has 1 aromatic carbocycles. The summed E-state index contributed by atoms with van der Waals surface area (Å²) in [5.74, 6) is 1.90. The van der Waals surface area contributed by atoms with E-state index in [-0.39, 0.29) is 11.9 Å². The highest BCUT2D eigenvalue weighted by atomic mass is 32.2. The van der Waals surface area contributed by atoms with Crippen molar-refractivity contribution in [3.63, 3.8) is 0 Å². The molecule has 0 aliphatic carbocycles. The molecule has 2 atom stereocenters.